The van der Waals surface area contributed by atoms with Crippen LogP contribution < -0.4 is 10.1 Å². The average molecular weight is 317 g/mol. The van der Waals surface area contributed by atoms with Crippen LogP contribution >= 0.6 is 0 Å². The number of hydrogen-bond acceptors (Lipinski definition) is 4. The smallest absolute Gasteiger partial charge is 0.331 e. The number of hydrogen-bond donors (Lipinski definition) is 1. The van der Waals surface area contributed by atoms with Crippen molar-refractivity contribution in [1.82, 2.24) is 5.32 Å². The molecule has 23 heavy (non-hydrogen) atoms. The first kappa shape index (κ1) is 17.1. The fraction of sp³-hybridized carbons (Fsp3) is 0.444. The topological polar surface area (TPSA) is 64.6 Å². The van der Waals surface area contributed by atoms with Crippen molar-refractivity contribution in [2.45, 2.75) is 37.6 Å². The molecule has 0 unspecified atom stereocenters. The predicted molar refractivity (Wildman–Crippen MR) is 88.0 cm³/mol. The second-order valence-corrected chi connectivity index (χ2v) is 5.73. The van der Waals surface area contributed by atoms with Crippen molar-refractivity contribution in [2.24, 2.45) is 0 Å². The van der Waals surface area contributed by atoms with Gasteiger partial charge in [-0.2, -0.15) is 0 Å². The van der Waals surface area contributed by atoms with Crippen molar-refractivity contribution in [2.75, 3.05) is 14.2 Å². The summed E-state index contributed by atoms with van der Waals surface area (Å²) in [4.78, 5) is 24.3. The first-order valence-electron chi connectivity index (χ1n) is 7.82. The van der Waals surface area contributed by atoms with Gasteiger partial charge in [-0.3, -0.25) is 4.79 Å². The van der Waals surface area contributed by atoms with E-state index in [0.29, 0.717) is 12.8 Å². The molecule has 2 rings (SSSR count). The molecule has 0 heterocycles. The minimum Gasteiger partial charge on any atom is -0.497 e. The van der Waals surface area contributed by atoms with Gasteiger partial charge in [0.2, 0.25) is 5.91 Å². The third-order valence-electron chi connectivity index (χ3n) is 4.17. The lowest BCUT2D eigenvalue weighted by Gasteiger charge is -2.34. The molecular weight excluding hydrogens is 294 g/mol. The van der Waals surface area contributed by atoms with Crippen LogP contribution in [0.1, 0.15) is 37.7 Å². The van der Waals surface area contributed by atoms with Crippen LogP contribution in [-0.4, -0.2) is 31.6 Å². The molecule has 0 radical (unpaired) electrons. The van der Waals surface area contributed by atoms with Crippen LogP contribution in [0.3, 0.4) is 0 Å². The first-order chi connectivity index (χ1) is 11.1. The molecule has 1 amide bonds. The summed E-state index contributed by atoms with van der Waals surface area (Å²) in [6.07, 6.45) is 7.29. The number of rotatable bonds is 5. The summed E-state index contributed by atoms with van der Waals surface area (Å²) in [6.45, 7) is 0. The van der Waals surface area contributed by atoms with Gasteiger partial charge in [-0.15, -0.1) is 0 Å². The molecule has 5 nitrogen and oxygen atoms in total. The van der Waals surface area contributed by atoms with E-state index in [0.717, 1.165) is 30.6 Å². The molecule has 1 aliphatic carbocycles. The Morgan fingerprint density at radius 1 is 1.17 bits per heavy atom. The second-order valence-electron chi connectivity index (χ2n) is 5.73. The average Bonchev–Trinajstić information content (AvgIpc) is 2.60. The molecule has 0 bridgehead atoms. The highest BCUT2D eigenvalue weighted by Gasteiger charge is 2.41. The Morgan fingerprint density at radius 3 is 2.57 bits per heavy atom. The number of methoxy groups -OCH3 is 2. The summed E-state index contributed by atoms with van der Waals surface area (Å²) in [5.41, 5.74) is -0.0294. The molecule has 1 saturated carbocycles. The molecule has 1 fully saturated rings. The Kier molecular flexibility index (Phi) is 5.79. The standard InChI is InChI=1S/C18H23NO4/c1-22-15-8-6-7-14(13-15)9-10-16(20)19-18(17(21)23-2)11-4-3-5-12-18/h6-10,13H,3-5,11-12H2,1-2H3,(H,19,20)/b10-9+. The van der Waals surface area contributed by atoms with Crippen LogP contribution in [0.15, 0.2) is 30.3 Å². The van der Waals surface area contributed by atoms with Crippen LogP contribution in [0.2, 0.25) is 0 Å². The molecule has 1 aromatic carbocycles. The summed E-state index contributed by atoms with van der Waals surface area (Å²) in [7, 11) is 2.95. The normalized spacial score (nSPS) is 16.8. The van der Waals surface area contributed by atoms with Crippen molar-refractivity contribution in [1.29, 1.82) is 0 Å². The molecule has 1 N–H and O–H groups in total. The summed E-state index contributed by atoms with van der Waals surface area (Å²) in [6, 6.07) is 7.41. The van der Waals surface area contributed by atoms with E-state index in [1.165, 1.54) is 13.2 Å². The van der Waals surface area contributed by atoms with Gasteiger partial charge in [0.05, 0.1) is 14.2 Å². The van der Waals surface area contributed by atoms with Gasteiger partial charge < -0.3 is 14.8 Å². The Hall–Kier alpha value is -2.30. The van der Waals surface area contributed by atoms with Gasteiger partial charge in [-0.25, -0.2) is 4.79 Å². The number of carbonyl (C=O) groups is 2. The number of esters is 1. The van der Waals surface area contributed by atoms with Crippen LogP contribution in [0.5, 0.6) is 5.75 Å². The van der Waals surface area contributed by atoms with Crippen LogP contribution in [0.4, 0.5) is 0 Å². The van der Waals surface area contributed by atoms with Crippen molar-refractivity contribution >= 4 is 18.0 Å². The first-order valence-corrected chi connectivity index (χ1v) is 7.82. The van der Waals surface area contributed by atoms with Crippen LogP contribution in [0, 0.1) is 0 Å². The van der Waals surface area contributed by atoms with Gasteiger partial charge in [0.25, 0.3) is 0 Å². The second kappa shape index (κ2) is 7.81. The fourth-order valence-corrected chi connectivity index (χ4v) is 2.93. The maximum atomic E-state index is 12.2. The lowest BCUT2D eigenvalue weighted by atomic mass is 9.81. The van der Waals surface area contributed by atoms with Gasteiger partial charge in [0, 0.05) is 6.08 Å². The van der Waals surface area contributed by atoms with E-state index in [1.54, 1.807) is 13.2 Å². The molecule has 5 heteroatoms. The molecule has 0 aliphatic heterocycles. The SMILES string of the molecule is COC(=O)C1(NC(=O)/C=C/c2cccc(OC)c2)CCCCC1. The third-order valence-corrected chi connectivity index (χ3v) is 4.17. The molecule has 0 atom stereocenters. The minimum atomic E-state index is -0.886. The zero-order chi connectivity index (χ0) is 16.7. The Morgan fingerprint density at radius 2 is 1.91 bits per heavy atom. The lowest BCUT2D eigenvalue weighted by molar-refractivity contribution is -0.152. The van der Waals surface area contributed by atoms with Crippen molar-refractivity contribution in [3.05, 3.63) is 35.9 Å². The number of nitrogens with one attached hydrogen (secondary N) is 1. The Bertz CT molecular complexity index is 588. The molecular formula is C18H23NO4. The molecule has 1 aromatic rings. The largest absolute Gasteiger partial charge is 0.497 e. The number of ether oxygens (including phenoxy) is 2. The highest BCUT2D eigenvalue weighted by atomic mass is 16.5. The maximum Gasteiger partial charge on any atom is 0.331 e. The quantitative estimate of drug-likeness (QED) is 0.670. The summed E-state index contributed by atoms with van der Waals surface area (Å²) >= 11 is 0. The minimum absolute atomic E-state index is 0.292. The number of carbonyl (C=O) groups excluding carboxylic acids is 2. The number of benzene rings is 1. The zero-order valence-corrected chi connectivity index (χ0v) is 13.6. The van der Waals surface area contributed by atoms with E-state index in [4.69, 9.17) is 9.47 Å². The molecule has 0 spiro atoms. The van der Waals surface area contributed by atoms with Crippen molar-refractivity contribution in [3.63, 3.8) is 0 Å². The lowest BCUT2D eigenvalue weighted by Crippen LogP contribution is -2.55. The Labute approximate surface area is 136 Å². The van der Waals surface area contributed by atoms with Crippen LogP contribution in [0.25, 0.3) is 6.08 Å². The third kappa shape index (κ3) is 4.34. The van der Waals surface area contributed by atoms with Crippen molar-refractivity contribution in [3.8, 4) is 5.75 Å². The number of amides is 1. The maximum absolute atomic E-state index is 12.2. The zero-order valence-electron chi connectivity index (χ0n) is 13.6. The van der Waals surface area contributed by atoms with Gasteiger partial charge in [-0.05, 0) is 36.6 Å². The van der Waals surface area contributed by atoms with Gasteiger partial charge in [-0.1, -0.05) is 31.4 Å². The molecule has 0 aromatic heterocycles. The molecule has 1 aliphatic rings. The Balaban J connectivity index is 2.06. The van der Waals surface area contributed by atoms with E-state index in [2.05, 4.69) is 5.32 Å². The van der Waals surface area contributed by atoms with E-state index in [-0.39, 0.29) is 11.9 Å². The summed E-state index contributed by atoms with van der Waals surface area (Å²) in [5.74, 6) is 0.0753. The highest BCUT2D eigenvalue weighted by molar-refractivity contribution is 5.96. The highest BCUT2D eigenvalue weighted by Crippen LogP contribution is 2.29. The summed E-state index contributed by atoms with van der Waals surface area (Å²) < 4.78 is 10.0. The molecule has 124 valence electrons. The van der Waals surface area contributed by atoms with Crippen molar-refractivity contribution < 1.29 is 19.1 Å². The van der Waals surface area contributed by atoms with E-state index < -0.39 is 5.54 Å². The van der Waals surface area contributed by atoms with E-state index in [1.807, 2.05) is 24.3 Å². The monoisotopic (exact) mass is 317 g/mol. The van der Waals surface area contributed by atoms with Gasteiger partial charge in [0.1, 0.15) is 11.3 Å². The summed E-state index contributed by atoms with van der Waals surface area (Å²) in [5, 5.41) is 2.85. The molecule has 0 saturated heterocycles. The van der Waals surface area contributed by atoms with Crippen LogP contribution in [-0.2, 0) is 14.3 Å². The predicted octanol–water partition coefficient (Wildman–Crippen LogP) is 2.70. The van der Waals surface area contributed by atoms with E-state index in [9.17, 15) is 9.59 Å². The fourth-order valence-electron chi connectivity index (χ4n) is 2.93. The van der Waals surface area contributed by atoms with Gasteiger partial charge >= 0.3 is 5.97 Å². The van der Waals surface area contributed by atoms with Gasteiger partial charge in [0.15, 0.2) is 0 Å². The van der Waals surface area contributed by atoms with E-state index >= 15 is 0 Å².